The Morgan fingerprint density at radius 1 is 1.28 bits per heavy atom. The summed E-state index contributed by atoms with van der Waals surface area (Å²) < 4.78 is 3.18. The summed E-state index contributed by atoms with van der Waals surface area (Å²) in [6.07, 6.45) is 4.40. The number of nitrogens with one attached hydrogen (secondary N) is 1. The third-order valence-electron chi connectivity index (χ3n) is 2.74. The second-order valence-electron chi connectivity index (χ2n) is 4.33. The van der Waals surface area contributed by atoms with E-state index in [1.807, 2.05) is 19.1 Å². The molecule has 0 saturated carbocycles. The summed E-state index contributed by atoms with van der Waals surface area (Å²) in [7, 11) is 0. The van der Waals surface area contributed by atoms with Gasteiger partial charge in [-0.05, 0) is 37.6 Å². The molecular formula is C14H18BrN3. The van der Waals surface area contributed by atoms with Crippen LogP contribution in [0.3, 0.4) is 0 Å². The van der Waals surface area contributed by atoms with Gasteiger partial charge in [-0.3, -0.25) is 4.57 Å². The van der Waals surface area contributed by atoms with E-state index in [2.05, 4.69) is 56.1 Å². The van der Waals surface area contributed by atoms with E-state index >= 15 is 0 Å². The van der Waals surface area contributed by atoms with Gasteiger partial charge in [-0.15, -0.1) is 0 Å². The van der Waals surface area contributed by atoms with E-state index in [-0.39, 0.29) is 0 Å². The second kappa shape index (κ2) is 6.05. The summed E-state index contributed by atoms with van der Waals surface area (Å²) in [5.74, 6) is 0.920. The highest BCUT2D eigenvalue weighted by Gasteiger charge is 2.06. The Bertz CT molecular complexity index is 502. The van der Waals surface area contributed by atoms with Crippen LogP contribution in [0.4, 0.5) is 5.95 Å². The number of imidazole rings is 1. The molecule has 1 aromatic carbocycles. The van der Waals surface area contributed by atoms with Crippen molar-refractivity contribution < 1.29 is 0 Å². The minimum atomic E-state index is 0.920. The van der Waals surface area contributed by atoms with Crippen LogP contribution in [0.1, 0.15) is 25.5 Å². The van der Waals surface area contributed by atoms with Crippen molar-refractivity contribution in [3.63, 3.8) is 0 Å². The van der Waals surface area contributed by atoms with E-state index in [4.69, 9.17) is 0 Å². The number of aromatic nitrogens is 2. The number of hydrogen-bond acceptors (Lipinski definition) is 2. The van der Waals surface area contributed by atoms with Crippen molar-refractivity contribution in [2.75, 3.05) is 11.9 Å². The van der Waals surface area contributed by atoms with Crippen molar-refractivity contribution >= 4 is 21.9 Å². The fraction of sp³-hybridized carbons (Fsp3) is 0.357. The van der Waals surface area contributed by atoms with E-state index in [1.165, 1.54) is 6.42 Å². The predicted molar refractivity (Wildman–Crippen MR) is 79.4 cm³/mol. The maximum atomic E-state index is 4.52. The van der Waals surface area contributed by atoms with Gasteiger partial charge in [0, 0.05) is 22.9 Å². The maximum Gasteiger partial charge on any atom is 0.207 e. The van der Waals surface area contributed by atoms with Crippen LogP contribution in [0.25, 0.3) is 5.69 Å². The molecule has 2 rings (SSSR count). The molecule has 0 aliphatic rings. The van der Waals surface area contributed by atoms with Gasteiger partial charge in [-0.1, -0.05) is 29.3 Å². The molecule has 0 amide bonds. The molecule has 0 unspecified atom stereocenters. The first-order valence-electron chi connectivity index (χ1n) is 6.26. The monoisotopic (exact) mass is 307 g/mol. The van der Waals surface area contributed by atoms with E-state index in [0.29, 0.717) is 0 Å². The Morgan fingerprint density at radius 3 is 2.67 bits per heavy atom. The van der Waals surface area contributed by atoms with Crippen LogP contribution in [0.5, 0.6) is 0 Å². The molecule has 0 fully saturated rings. The lowest BCUT2D eigenvalue weighted by atomic mass is 10.3. The molecule has 1 N–H and O–H groups in total. The van der Waals surface area contributed by atoms with Gasteiger partial charge in [-0.25, -0.2) is 4.98 Å². The van der Waals surface area contributed by atoms with Gasteiger partial charge in [0.05, 0.1) is 5.69 Å². The van der Waals surface area contributed by atoms with Crippen molar-refractivity contribution in [3.05, 3.63) is 40.6 Å². The van der Waals surface area contributed by atoms with Crippen LogP contribution < -0.4 is 5.32 Å². The van der Waals surface area contributed by atoms with E-state index < -0.39 is 0 Å². The molecule has 1 heterocycles. The van der Waals surface area contributed by atoms with Crippen LogP contribution in [0, 0.1) is 6.92 Å². The van der Waals surface area contributed by atoms with Gasteiger partial charge < -0.3 is 5.32 Å². The molecule has 0 saturated heterocycles. The molecule has 0 aliphatic heterocycles. The molecule has 4 heteroatoms. The van der Waals surface area contributed by atoms with E-state index in [9.17, 15) is 0 Å². The van der Waals surface area contributed by atoms with Gasteiger partial charge in [-0.2, -0.15) is 0 Å². The number of rotatable bonds is 5. The zero-order valence-corrected chi connectivity index (χ0v) is 12.4. The van der Waals surface area contributed by atoms with Crippen LogP contribution in [-0.4, -0.2) is 16.1 Å². The number of nitrogens with zero attached hydrogens (tertiary/aromatic N) is 2. The van der Waals surface area contributed by atoms with Gasteiger partial charge in [0.1, 0.15) is 0 Å². The Kier molecular flexibility index (Phi) is 4.42. The number of unbranched alkanes of at least 4 members (excludes halogenated alkanes) is 1. The van der Waals surface area contributed by atoms with Crippen LogP contribution >= 0.6 is 15.9 Å². The molecular weight excluding hydrogens is 290 g/mol. The number of aryl methyl sites for hydroxylation is 1. The highest BCUT2D eigenvalue weighted by Crippen LogP contribution is 2.19. The number of benzene rings is 1. The highest BCUT2D eigenvalue weighted by molar-refractivity contribution is 9.10. The Balaban J connectivity index is 2.23. The number of hydrogen-bond donors (Lipinski definition) is 1. The Labute approximate surface area is 116 Å². The zero-order valence-electron chi connectivity index (χ0n) is 10.8. The molecule has 2 aromatic rings. The smallest absolute Gasteiger partial charge is 0.207 e. The lowest BCUT2D eigenvalue weighted by Crippen LogP contribution is -2.07. The molecule has 0 atom stereocenters. The van der Waals surface area contributed by atoms with Gasteiger partial charge in [0.15, 0.2) is 0 Å². The summed E-state index contributed by atoms with van der Waals surface area (Å²) in [4.78, 5) is 4.52. The second-order valence-corrected chi connectivity index (χ2v) is 5.25. The molecule has 0 spiro atoms. The lowest BCUT2D eigenvalue weighted by Gasteiger charge is -2.09. The average molecular weight is 308 g/mol. The molecule has 18 heavy (non-hydrogen) atoms. The minimum absolute atomic E-state index is 0.920. The average Bonchev–Trinajstić information content (AvgIpc) is 2.72. The third-order valence-corrected chi connectivity index (χ3v) is 3.27. The standard InChI is InChI=1S/C14H18BrN3/c1-3-4-9-16-14-17-11(2)10-18(14)13-7-5-12(15)6-8-13/h5-8,10H,3-4,9H2,1-2H3,(H,16,17). The topological polar surface area (TPSA) is 29.9 Å². The third kappa shape index (κ3) is 3.13. The van der Waals surface area contributed by atoms with Crippen LogP contribution in [0.15, 0.2) is 34.9 Å². The Hall–Kier alpha value is -1.29. The van der Waals surface area contributed by atoms with Crippen LogP contribution in [0.2, 0.25) is 0 Å². The van der Waals surface area contributed by atoms with Crippen molar-refractivity contribution in [2.24, 2.45) is 0 Å². The van der Waals surface area contributed by atoms with Crippen molar-refractivity contribution in [3.8, 4) is 5.69 Å². The van der Waals surface area contributed by atoms with Gasteiger partial charge in [0.25, 0.3) is 0 Å². The quantitative estimate of drug-likeness (QED) is 0.841. The molecule has 0 aliphatic carbocycles. The summed E-state index contributed by atoms with van der Waals surface area (Å²) in [5.41, 5.74) is 2.15. The normalized spacial score (nSPS) is 10.6. The van der Waals surface area contributed by atoms with E-state index in [1.54, 1.807) is 0 Å². The number of halogens is 1. The summed E-state index contributed by atoms with van der Waals surface area (Å²) in [5, 5.41) is 3.39. The highest BCUT2D eigenvalue weighted by atomic mass is 79.9. The first-order valence-corrected chi connectivity index (χ1v) is 7.06. The van der Waals surface area contributed by atoms with Crippen molar-refractivity contribution in [1.82, 2.24) is 9.55 Å². The summed E-state index contributed by atoms with van der Waals surface area (Å²) in [6.45, 7) is 5.16. The molecule has 0 bridgehead atoms. The first-order chi connectivity index (χ1) is 8.70. The fourth-order valence-corrected chi connectivity index (χ4v) is 2.06. The Morgan fingerprint density at radius 2 is 2.00 bits per heavy atom. The number of anilines is 1. The van der Waals surface area contributed by atoms with E-state index in [0.717, 1.165) is 34.8 Å². The first kappa shape index (κ1) is 13.1. The minimum Gasteiger partial charge on any atom is -0.355 e. The van der Waals surface area contributed by atoms with Gasteiger partial charge in [0.2, 0.25) is 5.95 Å². The lowest BCUT2D eigenvalue weighted by molar-refractivity contribution is 0.823. The maximum absolute atomic E-state index is 4.52. The summed E-state index contributed by atoms with van der Waals surface area (Å²) in [6, 6.07) is 8.24. The van der Waals surface area contributed by atoms with Crippen molar-refractivity contribution in [1.29, 1.82) is 0 Å². The zero-order chi connectivity index (χ0) is 13.0. The largest absolute Gasteiger partial charge is 0.355 e. The van der Waals surface area contributed by atoms with Crippen LogP contribution in [-0.2, 0) is 0 Å². The molecule has 0 radical (unpaired) electrons. The van der Waals surface area contributed by atoms with Gasteiger partial charge >= 0.3 is 0 Å². The molecule has 1 aromatic heterocycles. The summed E-state index contributed by atoms with van der Waals surface area (Å²) >= 11 is 3.45. The SMILES string of the molecule is CCCCNc1nc(C)cn1-c1ccc(Br)cc1. The predicted octanol–water partition coefficient (Wildman–Crippen LogP) is 4.16. The van der Waals surface area contributed by atoms with Crippen molar-refractivity contribution in [2.45, 2.75) is 26.7 Å². The fourth-order valence-electron chi connectivity index (χ4n) is 1.80. The molecule has 96 valence electrons. The molecule has 3 nitrogen and oxygen atoms in total.